The lowest BCUT2D eigenvalue weighted by molar-refractivity contribution is -0.148. The zero-order valence-corrected chi connectivity index (χ0v) is 17.5. The molecule has 3 rings (SSSR count). The van der Waals surface area contributed by atoms with Gasteiger partial charge in [0.05, 0.1) is 6.61 Å². The Morgan fingerprint density at radius 3 is 2.43 bits per heavy atom. The number of hydrogen-bond donors (Lipinski definition) is 1. The zero-order chi connectivity index (χ0) is 21.7. The number of hydrogen-bond acceptors (Lipinski definition) is 4. The lowest BCUT2D eigenvalue weighted by Crippen LogP contribution is -2.54. The molecule has 2 amide bonds. The summed E-state index contributed by atoms with van der Waals surface area (Å²) in [5.74, 6) is -0.859. The summed E-state index contributed by atoms with van der Waals surface area (Å²) in [6, 6.07) is 4.68. The molecule has 2 aliphatic rings. The molecular weight excluding hydrogens is 392 g/mol. The van der Waals surface area contributed by atoms with E-state index in [4.69, 9.17) is 10.5 Å². The summed E-state index contributed by atoms with van der Waals surface area (Å²) in [5.41, 5.74) is 4.63. The predicted molar refractivity (Wildman–Crippen MR) is 110 cm³/mol. The SMILES string of the molecule is CCCCOC(=O)N1CCC(F)(C(=O)N2CCC(c3ccc(N)cc3F)CC2)CC1. The predicted octanol–water partition coefficient (Wildman–Crippen LogP) is 3.85. The van der Waals surface area contributed by atoms with Crippen LogP contribution in [0.2, 0.25) is 0 Å². The topological polar surface area (TPSA) is 75.9 Å². The molecule has 0 unspecified atom stereocenters. The Kier molecular flexibility index (Phi) is 7.15. The third kappa shape index (κ3) is 5.02. The molecule has 8 heteroatoms. The largest absolute Gasteiger partial charge is 0.449 e. The van der Waals surface area contributed by atoms with Crippen LogP contribution in [0.5, 0.6) is 0 Å². The minimum absolute atomic E-state index is 0.00931. The molecule has 2 fully saturated rings. The van der Waals surface area contributed by atoms with Gasteiger partial charge < -0.3 is 20.3 Å². The van der Waals surface area contributed by atoms with E-state index in [-0.39, 0.29) is 37.7 Å². The van der Waals surface area contributed by atoms with Crippen LogP contribution < -0.4 is 5.73 Å². The van der Waals surface area contributed by atoms with Gasteiger partial charge in [0, 0.05) is 44.7 Å². The summed E-state index contributed by atoms with van der Waals surface area (Å²) < 4.78 is 34.7. The third-order valence-corrected chi connectivity index (χ3v) is 6.17. The summed E-state index contributed by atoms with van der Waals surface area (Å²) >= 11 is 0. The van der Waals surface area contributed by atoms with Crippen molar-refractivity contribution in [2.45, 2.75) is 57.0 Å². The van der Waals surface area contributed by atoms with E-state index < -0.39 is 17.7 Å². The monoisotopic (exact) mass is 423 g/mol. The molecule has 1 aromatic carbocycles. The molecule has 0 aliphatic carbocycles. The number of rotatable bonds is 5. The van der Waals surface area contributed by atoms with Gasteiger partial charge in [-0.2, -0.15) is 0 Å². The van der Waals surface area contributed by atoms with Crippen LogP contribution in [0.1, 0.15) is 56.9 Å². The first-order chi connectivity index (χ1) is 14.3. The molecule has 30 heavy (non-hydrogen) atoms. The normalized spacial score (nSPS) is 19.6. The summed E-state index contributed by atoms with van der Waals surface area (Å²) in [6.45, 7) is 3.48. The van der Waals surface area contributed by atoms with E-state index in [1.54, 1.807) is 17.0 Å². The smallest absolute Gasteiger partial charge is 0.409 e. The number of piperidine rings is 2. The van der Waals surface area contributed by atoms with E-state index in [0.29, 0.717) is 43.8 Å². The number of amides is 2. The number of halogens is 2. The van der Waals surface area contributed by atoms with Crippen LogP contribution in [0.15, 0.2) is 18.2 Å². The van der Waals surface area contributed by atoms with E-state index in [2.05, 4.69) is 0 Å². The molecule has 2 heterocycles. The van der Waals surface area contributed by atoms with Gasteiger partial charge in [-0.1, -0.05) is 19.4 Å². The van der Waals surface area contributed by atoms with Gasteiger partial charge in [-0.15, -0.1) is 0 Å². The molecule has 2 N–H and O–H groups in total. The van der Waals surface area contributed by atoms with Crippen molar-refractivity contribution in [3.8, 4) is 0 Å². The highest BCUT2D eigenvalue weighted by molar-refractivity contribution is 5.85. The second-order valence-electron chi connectivity index (χ2n) is 8.27. The fraction of sp³-hybridized carbons (Fsp3) is 0.636. The average molecular weight is 424 g/mol. The molecule has 1 aromatic rings. The highest BCUT2D eigenvalue weighted by Gasteiger charge is 2.45. The van der Waals surface area contributed by atoms with Crippen molar-refractivity contribution in [3.63, 3.8) is 0 Å². The molecule has 0 spiro atoms. The van der Waals surface area contributed by atoms with Gasteiger partial charge in [0.15, 0.2) is 5.67 Å². The molecule has 2 aliphatic heterocycles. The average Bonchev–Trinajstić information content (AvgIpc) is 2.74. The molecule has 0 bridgehead atoms. The number of benzene rings is 1. The second-order valence-corrected chi connectivity index (χ2v) is 8.27. The minimum atomic E-state index is -1.96. The minimum Gasteiger partial charge on any atom is -0.449 e. The van der Waals surface area contributed by atoms with E-state index in [9.17, 15) is 14.0 Å². The molecule has 166 valence electrons. The summed E-state index contributed by atoms with van der Waals surface area (Å²) in [6.07, 6.45) is 2.39. The third-order valence-electron chi connectivity index (χ3n) is 6.17. The zero-order valence-electron chi connectivity index (χ0n) is 17.5. The summed E-state index contributed by atoms with van der Waals surface area (Å²) in [7, 11) is 0. The van der Waals surface area contributed by atoms with Crippen molar-refractivity contribution in [2.24, 2.45) is 0 Å². The molecular formula is C22H31F2N3O3. The standard InChI is InChI=1S/C22H31F2N3O3/c1-2-3-14-30-21(29)27-12-8-22(24,9-13-27)20(28)26-10-6-16(7-11-26)18-5-4-17(25)15-19(18)23/h4-5,15-16H,2-3,6-14,25H2,1H3. The van der Waals surface area contributed by atoms with Crippen LogP contribution in [-0.4, -0.2) is 60.3 Å². The summed E-state index contributed by atoms with van der Waals surface area (Å²) in [5, 5.41) is 0. The molecule has 0 saturated carbocycles. The van der Waals surface area contributed by atoms with E-state index in [0.717, 1.165) is 12.8 Å². The Morgan fingerprint density at radius 1 is 1.17 bits per heavy atom. The van der Waals surface area contributed by atoms with E-state index in [1.165, 1.54) is 11.0 Å². The van der Waals surface area contributed by atoms with Crippen molar-refractivity contribution in [3.05, 3.63) is 29.6 Å². The maximum absolute atomic E-state index is 15.4. The molecule has 6 nitrogen and oxygen atoms in total. The number of ether oxygens (including phenoxy) is 1. The van der Waals surface area contributed by atoms with Crippen molar-refractivity contribution in [1.82, 2.24) is 9.80 Å². The van der Waals surface area contributed by atoms with Crippen molar-refractivity contribution >= 4 is 17.7 Å². The Hall–Kier alpha value is -2.38. The Balaban J connectivity index is 1.51. The van der Waals surface area contributed by atoms with Crippen molar-refractivity contribution in [1.29, 1.82) is 0 Å². The number of carbonyl (C=O) groups is 2. The first-order valence-corrected chi connectivity index (χ1v) is 10.8. The number of nitrogens with zero attached hydrogens (tertiary/aromatic N) is 2. The summed E-state index contributed by atoms with van der Waals surface area (Å²) in [4.78, 5) is 27.9. The number of likely N-dealkylation sites (tertiary alicyclic amines) is 2. The maximum atomic E-state index is 15.4. The highest BCUT2D eigenvalue weighted by Crippen LogP contribution is 2.34. The van der Waals surface area contributed by atoms with Gasteiger partial charge in [-0.3, -0.25) is 4.79 Å². The van der Waals surface area contributed by atoms with Gasteiger partial charge in [-0.25, -0.2) is 13.6 Å². The molecule has 0 aromatic heterocycles. The number of carbonyl (C=O) groups excluding carboxylic acids is 2. The fourth-order valence-corrected chi connectivity index (χ4v) is 4.20. The highest BCUT2D eigenvalue weighted by atomic mass is 19.1. The van der Waals surface area contributed by atoms with Gasteiger partial charge >= 0.3 is 6.09 Å². The lowest BCUT2D eigenvalue weighted by Gasteiger charge is -2.40. The van der Waals surface area contributed by atoms with Crippen molar-refractivity contribution < 1.29 is 23.1 Å². The first-order valence-electron chi connectivity index (χ1n) is 10.8. The Bertz CT molecular complexity index is 758. The Morgan fingerprint density at radius 2 is 1.83 bits per heavy atom. The van der Waals surface area contributed by atoms with E-state index >= 15 is 4.39 Å². The van der Waals surface area contributed by atoms with Crippen LogP contribution in [0, 0.1) is 5.82 Å². The van der Waals surface area contributed by atoms with Crippen LogP contribution in [-0.2, 0) is 9.53 Å². The lowest BCUT2D eigenvalue weighted by atomic mass is 9.86. The number of alkyl halides is 1. The van der Waals surface area contributed by atoms with Gasteiger partial charge in [0.25, 0.3) is 5.91 Å². The van der Waals surface area contributed by atoms with Crippen LogP contribution in [0.4, 0.5) is 19.3 Å². The van der Waals surface area contributed by atoms with Crippen LogP contribution >= 0.6 is 0 Å². The van der Waals surface area contributed by atoms with Crippen LogP contribution in [0.3, 0.4) is 0 Å². The second kappa shape index (κ2) is 9.62. The van der Waals surface area contributed by atoms with Crippen molar-refractivity contribution in [2.75, 3.05) is 38.5 Å². The quantitative estimate of drug-likeness (QED) is 0.577. The van der Waals surface area contributed by atoms with Gasteiger partial charge in [-0.05, 0) is 42.9 Å². The first kappa shape index (κ1) is 22.3. The number of anilines is 1. The number of nitrogen functional groups attached to an aromatic ring is 1. The Labute approximate surface area is 176 Å². The molecule has 0 radical (unpaired) electrons. The molecule has 0 atom stereocenters. The number of unbranched alkanes of at least 4 members (excludes halogenated alkanes) is 1. The molecule has 2 saturated heterocycles. The number of nitrogens with two attached hydrogens (primary N) is 1. The maximum Gasteiger partial charge on any atom is 0.409 e. The van der Waals surface area contributed by atoms with Gasteiger partial charge in [0.1, 0.15) is 5.82 Å². The fourth-order valence-electron chi connectivity index (χ4n) is 4.20. The van der Waals surface area contributed by atoms with Gasteiger partial charge in [0.2, 0.25) is 0 Å². The van der Waals surface area contributed by atoms with Crippen LogP contribution in [0.25, 0.3) is 0 Å². The van der Waals surface area contributed by atoms with E-state index in [1.807, 2.05) is 6.92 Å².